The Balaban J connectivity index is 1.60. The average Bonchev–Trinajstić information content (AvgIpc) is 2.81. The van der Waals surface area contributed by atoms with E-state index < -0.39 is 5.91 Å². The molecule has 0 aliphatic heterocycles. The minimum atomic E-state index is -0.397. The monoisotopic (exact) mass is 470 g/mol. The highest BCUT2D eigenvalue weighted by Gasteiger charge is 2.11. The van der Waals surface area contributed by atoms with Gasteiger partial charge in [-0.3, -0.25) is 4.79 Å². The summed E-state index contributed by atoms with van der Waals surface area (Å²) in [5.74, 6) is 0.749. The van der Waals surface area contributed by atoms with Gasteiger partial charge in [-0.1, -0.05) is 29.8 Å². The molecular formula is C25H24ClFN2O4. The van der Waals surface area contributed by atoms with Crippen LogP contribution in [0.1, 0.15) is 35.3 Å². The van der Waals surface area contributed by atoms with Crippen LogP contribution in [0.2, 0.25) is 5.02 Å². The largest absolute Gasteiger partial charge is 0.490 e. The fourth-order valence-corrected chi connectivity index (χ4v) is 3.15. The van der Waals surface area contributed by atoms with E-state index >= 15 is 0 Å². The summed E-state index contributed by atoms with van der Waals surface area (Å²) in [6.07, 6.45) is 1.46. The normalized spacial score (nSPS) is 10.8. The molecule has 3 aromatic rings. The van der Waals surface area contributed by atoms with Crippen molar-refractivity contribution in [2.75, 3.05) is 13.2 Å². The van der Waals surface area contributed by atoms with Crippen LogP contribution in [0.25, 0.3) is 0 Å². The molecule has 3 aromatic carbocycles. The van der Waals surface area contributed by atoms with Crippen LogP contribution in [0.15, 0.2) is 65.8 Å². The zero-order valence-electron chi connectivity index (χ0n) is 18.3. The van der Waals surface area contributed by atoms with Crippen LogP contribution < -0.4 is 19.6 Å². The lowest BCUT2D eigenvalue weighted by atomic mass is 10.2. The van der Waals surface area contributed by atoms with Crippen molar-refractivity contribution < 1.29 is 23.4 Å². The van der Waals surface area contributed by atoms with E-state index in [2.05, 4.69) is 10.5 Å². The predicted molar refractivity (Wildman–Crippen MR) is 126 cm³/mol. The number of nitrogens with one attached hydrogen (secondary N) is 1. The van der Waals surface area contributed by atoms with Crippen LogP contribution in [0.3, 0.4) is 0 Å². The topological polar surface area (TPSA) is 69.2 Å². The molecular weight excluding hydrogens is 447 g/mol. The van der Waals surface area contributed by atoms with Crippen molar-refractivity contribution in [3.8, 4) is 17.2 Å². The van der Waals surface area contributed by atoms with E-state index in [4.69, 9.17) is 25.8 Å². The lowest BCUT2D eigenvalue weighted by Crippen LogP contribution is -2.17. The van der Waals surface area contributed by atoms with Gasteiger partial charge >= 0.3 is 0 Å². The van der Waals surface area contributed by atoms with Gasteiger partial charge in [-0.05, 0) is 61.9 Å². The van der Waals surface area contributed by atoms with Gasteiger partial charge in [0.2, 0.25) is 0 Å². The molecule has 0 unspecified atom stereocenters. The highest BCUT2D eigenvalue weighted by atomic mass is 35.5. The molecule has 0 atom stereocenters. The number of hydrogen-bond acceptors (Lipinski definition) is 5. The van der Waals surface area contributed by atoms with Gasteiger partial charge in [0.15, 0.2) is 11.5 Å². The highest BCUT2D eigenvalue weighted by Crippen LogP contribution is 2.29. The molecule has 0 saturated carbocycles. The minimum absolute atomic E-state index is 0.0572. The third-order valence-electron chi connectivity index (χ3n) is 4.48. The van der Waals surface area contributed by atoms with E-state index in [9.17, 15) is 9.18 Å². The van der Waals surface area contributed by atoms with Crippen molar-refractivity contribution in [3.63, 3.8) is 0 Å². The zero-order valence-corrected chi connectivity index (χ0v) is 19.1. The number of benzene rings is 3. The second-order valence-corrected chi connectivity index (χ2v) is 7.20. The Hall–Kier alpha value is -3.58. The molecule has 0 aliphatic rings. The van der Waals surface area contributed by atoms with Gasteiger partial charge in [-0.2, -0.15) is 5.10 Å². The van der Waals surface area contributed by atoms with E-state index in [1.54, 1.807) is 54.6 Å². The summed E-state index contributed by atoms with van der Waals surface area (Å²) in [5.41, 5.74) is 3.94. The molecule has 8 heteroatoms. The number of carbonyl (C=O) groups is 1. The first-order chi connectivity index (χ1) is 16.0. The molecule has 0 spiro atoms. The number of carbonyl (C=O) groups excluding carboxylic acids is 1. The van der Waals surface area contributed by atoms with Crippen LogP contribution in [-0.4, -0.2) is 25.3 Å². The molecule has 1 amide bonds. The van der Waals surface area contributed by atoms with Gasteiger partial charge in [0.1, 0.15) is 18.2 Å². The van der Waals surface area contributed by atoms with E-state index in [0.717, 1.165) is 0 Å². The van der Waals surface area contributed by atoms with Crippen LogP contribution in [0, 0.1) is 5.82 Å². The first kappa shape index (κ1) is 24.1. The van der Waals surface area contributed by atoms with Crippen molar-refractivity contribution >= 4 is 23.7 Å². The highest BCUT2D eigenvalue weighted by molar-refractivity contribution is 6.32. The first-order valence-electron chi connectivity index (χ1n) is 10.4. The van der Waals surface area contributed by atoms with E-state index in [1.807, 2.05) is 13.8 Å². The number of nitrogens with zero attached hydrogens (tertiary/aromatic N) is 1. The quantitative estimate of drug-likeness (QED) is 0.308. The summed E-state index contributed by atoms with van der Waals surface area (Å²) in [6, 6.07) is 16.3. The van der Waals surface area contributed by atoms with Gasteiger partial charge in [0, 0.05) is 11.1 Å². The molecule has 1 N–H and O–H groups in total. The Labute approximate surface area is 196 Å². The molecule has 6 nitrogen and oxygen atoms in total. The summed E-state index contributed by atoms with van der Waals surface area (Å²) in [6.45, 7) is 4.73. The summed E-state index contributed by atoms with van der Waals surface area (Å²) >= 11 is 6.27. The van der Waals surface area contributed by atoms with Crippen molar-refractivity contribution in [2.45, 2.75) is 20.5 Å². The van der Waals surface area contributed by atoms with Gasteiger partial charge in [0.25, 0.3) is 5.91 Å². The lowest BCUT2D eigenvalue weighted by molar-refractivity contribution is 0.0954. The molecule has 0 heterocycles. The molecule has 172 valence electrons. The van der Waals surface area contributed by atoms with Gasteiger partial charge in [-0.25, -0.2) is 9.82 Å². The van der Waals surface area contributed by atoms with Gasteiger partial charge < -0.3 is 14.2 Å². The summed E-state index contributed by atoms with van der Waals surface area (Å²) in [4.78, 5) is 12.4. The standard InChI is InChI=1S/C25H24ClFN2O4/c1-3-31-23-12-10-18(14-24(23)32-4-2)25(30)29-28-15-17-9-11-22(20(26)13-17)33-16-19-7-5-6-8-21(19)27/h5-15H,3-4,16H2,1-2H3,(H,29,30)/b28-15+. The maximum atomic E-state index is 13.7. The van der Waals surface area contributed by atoms with Gasteiger partial charge in [-0.15, -0.1) is 0 Å². The van der Waals surface area contributed by atoms with Crippen LogP contribution >= 0.6 is 11.6 Å². The Bertz CT molecular complexity index is 1140. The Kier molecular flexibility index (Phi) is 8.66. The summed E-state index contributed by atoms with van der Waals surface area (Å²) in [5, 5.41) is 4.32. The molecule has 0 aliphatic carbocycles. The predicted octanol–water partition coefficient (Wildman–Crippen LogP) is 5.62. The number of rotatable bonds is 10. The van der Waals surface area contributed by atoms with Crippen molar-refractivity contribution in [3.05, 3.63) is 88.2 Å². The fraction of sp³-hybridized carbons (Fsp3) is 0.200. The summed E-state index contributed by atoms with van der Waals surface area (Å²) in [7, 11) is 0. The number of amides is 1. The molecule has 33 heavy (non-hydrogen) atoms. The van der Waals surface area contributed by atoms with E-state index in [0.29, 0.717) is 52.2 Å². The van der Waals surface area contributed by atoms with Gasteiger partial charge in [0.05, 0.1) is 24.5 Å². The lowest BCUT2D eigenvalue weighted by Gasteiger charge is -2.11. The minimum Gasteiger partial charge on any atom is -0.490 e. The third-order valence-corrected chi connectivity index (χ3v) is 4.78. The Morgan fingerprint density at radius 1 is 0.970 bits per heavy atom. The summed E-state index contributed by atoms with van der Waals surface area (Å²) < 4.78 is 30.4. The smallest absolute Gasteiger partial charge is 0.271 e. The van der Waals surface area contributed by atoms with E-state index in [-0.39, 0.29) is 12.4 Å². The second kappa shape index (κ2) is 11.9. The number of ether oxygens (including phenoxy) is 3. The number of halogens is 2. The SMILES string of the molecule is CCOc1ccc(C(=O)N/N=C/c2ccc(OCc3ccccc3F)c(Cl)c2)cc1OCC. The van der Waals surface area contributed by atoms with Crippen LogP contribution in [0.4, 0.5) is 4.39 Å². The Morgan fingerprint density at radius 3 is 2.42 bits per heavy atom. The molecule has 0 fully saturated rings. The van der Waals surface area contributed by atoms with Crippen molar-refractivity contribution in [1.29, 1.82) is 0 Å². The maximum Gasteiger partial charge on any atom is 0.271 e. The first-order valence-corrected chi connectivity index (χ1v) is 10.8. The van der Waals surface area contributed by atoms with Crippen molar-refractivity contribution in [2.24, 2.45) is 5.10 Å². The van der Waals surface area contributed by atoms with E-state index in [1.165, 1.54) is 12.3 Å². The number of hydrazone groups is 1. The molecule has 0 saturated heterocycles. The maximum absolute atomic E-state index is 13.7. The van der Waals surface area contributed by atoms with Crippen LogP contribution in [0.5, 0.6) is 17.2 Å². The molecule has 0 bridgehead atoms. The van der Waals surface area contributed by atoms with Crippen molar-refractivity contribution in [1.82, 2.24) is 5.43 Å². The fourth-order valence-electron chi connectivity index (χ4n) is 2.91. The molecule has 0 radical (unpaired) electrons. The Morgan fingerprint density at radius 2 is 1.70 bits per heavy atom. The molecule has 0 aromatic heterocycles. The number of hydrogen-bond donors (Lipinski definition) is 1. The molecule has 3 rings (SSSR count). The average molecular weight is 471 g/mol. The second-order valence-electron chi connectivity index (χ2n) is 6.80. The zero-order chi connectivity index (χ0) is 23.6. The third kappa shape index (κ3) is 6.70. The van der Waals surface area contributed by atoms with Crippen LogP contribution in [-0.2, 0) is 6.61 Å².